The summed E-state index contributed by atoms with van der Waals surface area (Å²) >= 11 is 0. The van der Waals surface area contributed by atoms with Crippen molar-refractivity contribution in [3.05, 3.63) is 76.9 Å². The first-order valence-corrected chi connectivity index (χ1v) is 11.7. The molecule has 0 bridgehead atoms. The van der Waals surface area contributed by atoms with Crippen molar-refractivity contribution >= 4 is 12.0 Å². The third-order valence-corrected chi connectivity index (χ3v) is 5.28. The summed E-state index contributed by atoms with van der Waals surface area (Å²) in [6.45, 7) is 5.24. The van der Waals surface area contributed by atoms with Crippen LogP contribution in [-0.2, 0) is 28.5 Å². The van der Waals surface area contributed by atoms with Crippen molar-refractivity contribution in [3.63, 3.8) is 0 Å². The van der Waals surface area contributed by atoms with Gasteiger partial charge in [0.2, 0.25) is 0 Å². The van der Waals surface area contributed by atoms with Crippen LogP contribution in [0.15, 0.2) is 54.6 Å². The molecule has 33 heavy (non-hydrogen) atoms. The van der Waals surface area contributed by atoms with Crippen LogP contribution in [0.2, 0.25) is 0 Å². The molecule has 0 atom stereocenters. The fourth-order valence-electron chi connectivity index (χ4n) is 3.64. The van der Waals surface area contributed by atoms with E-state index in [0.29, 0.717) is 12.0 Å². The molecule has 0 aromatic heterocycles. The summed E-state index contributed by atoms with van der Waals surface area (Å²) < 4.78 is 44.7. The first-order chi connectivity index (χ1) is 15.5. The van der Waals surface area contributed by atoms with E-state index in [1.165, 1.54) is 36.6 Å². The Labute approximate surface area is 195 Å². The Morgan fingerprint density at radius 1 is 0.848 bits per heavy atom. The van der Waals surface area contributed by atoms with Crippen LogP contribution in [0.25, 0.3) is 6.08 Å². The summed E-state index contributed by atoms with van der Waals surface area (Å²) in [5.41, 5.74) is 1.23. The zero-order valence-electron chi connectivity index (χ0n) is 19.9. The lowest BCUT2D eigenvalue weighted by molar-refractivity contribution is -0.148. The zero-order valence-corrected chi connectivity index (χ0v) is 19.9. The van der Waals surface area contributed by atoms with Gasteiger partial charge in [0.15, 0.2) is 0 Å². The summed E-state index contributed by atoms with van der Waals surface area (Å²) in [4.78, 5) is 12.0. The number of alkyl halides is 3. The maximum atomic E-state index is 13.2. The lowest BCUT2D eigenvalue weighted by atomic mass is 9.97. The van der Waals surface area contributed by atoms with Crippen molar-refractivity contribution in [1.82, 2.24) is 0 Å². The van der Waals surface area contributed by atoms with Gasteiger partial charge < -0.3 is 4.74 Å². The van der Waals surface area contributed by atoms with E-state index < -0.39 is 23.3 Å². The largest absolute Gasteiger partial charge is 0.457 e. The van der Waals surface area contributed by atoms with Gasteiger partial charge in [0, 0.05) is 6.08 Å². The third-order valence-electron chi connectivity index (χ3n) is 5.28. The molecule has 2 nitrogen and oxygen atoms in total. The lowest BCUT2D eigenvalue weighted by Gasteiger charge is -2.18. The van der Waals surface area contributed by atoms with Gasteiger partial charge in [-0.25, -0.2) is 4.79 Å². The molecular formula is C28H35F3O2. The molecule has 0 N–H and O–H groups in total. The second kappa shape index (κ2) is 12.6. The van der Waals surface area contributed by atoms with Gasteiger partial charge in [0.1, 0.15) is 5.60 Å². The quantitative estimate of drug-likeness (QED) is 0.192. The summed E-state index contributed by atoms with van der Waals surface area (Å²) in [6.07, 6.45) is 6.53. The van der Waals surface area contributed by atoms with Gasteiger partial charge in [0.25, 0.3) is 0 Å². The molecule has 0 unspecified atom stereocenters. The number of hydrogen-bond donors (Lipinski definition) is 0. The lowest BCUT2D eigenvalue weighted by Crippen LogP contribution is -2.22. The third kappa shape index (κ3) is 10.7. The van der Waals surface area contributed by atoms with E-state index >= 15 is 0 Å². The number of esters is 1. The number of rotatable bonds is 11. The molecule has 5 heteroatoms. The second-order valence-corrected chi connectivity index (χ2v) is 9.39. The van der Waals surface area contributed by atoms with Crippen LogP contribution < -0.4 is 0 Å². The van der Waals surface area contributed by atoms with Gasteiger partial charge in [-0.2, -0.15) is 13.2 Å². The molecule has 0 fully saturated rings. The van der Waals surface area contributed by atoms with Crippen LogP contribution in [0.4, 0.5) is 13.2 Å². The first-order valence-electron chi connectivity index (χ1n) is 11.7. The van der Waals surface area contributed by atoms with Crippen LogP contribution in [-0.4, -0.2) is 11.6 Å². The number of benzene rings is 2. The van der Waals surface area contributed by atoms with Crippen LogP contribution in [0.5, 0.6) is 0 Å². The molecule has 2 aromatic carbocycles. The summed E-state index contributed by atoms with van der Waals surface area (Å²) in [5.74, 6) is -0.568. The Morgan fingerprint density at radius 3 is 2.06 bits per heavy atom. The Morgan fingerprint density at radius 2 is 1.45 bits per heavy atom. The molecule has 0 heterocycles. The molecule has 0 aliphatic rings. The van der Waals surface area contributed by atoms with E-state index in [1.54, 1.807) is 20.8 Å². The maximum absolute atomic E-state index is 13.2. The van der Waals surface area contributed by atoms with Crippen molar-refractivity contribution in [2.75, 3.05) is 0 Å². The zero-order chi connectivity index (χ0) is 24.3. The SMILES string of the molecule is CC(C)(C)OC(=O)/C=C/c1cc(C(F)(F)F)ccc1CCCCCCCCc1ccccc1. The molecule has 0 amide bonds. The first kappa shape index (κ1) is 26.7. The smallest absolute Gasteiger partial charge is 0.416 e. The van der Waals surface area contributed by atoms with Gasteiger partial charge in [-0.05, 0) is 81.4 Å². The average Bonchev–Trinajstić information content (AvgIpc) is 2.73. The highest BCUT2D eigenvalue weighted by atomic mass is 19.4. The topological polar surface area (TPSA) is 26.3 Å². The highest BCUT2D eigenvalue weighted by molar-refractivity contribution is 5.87. The normalized spacial score (nSPS) is 12.3. The average molecular weight is 461 g/mol. The molecule has 180 valence electrons. The van der Waals surface area contributed by atoms with Crippen molar-refractivity contribution < 1.29 is 22.7 Å². The van der Waals surface area contributed by atoms with Crippen molar-refractivity contribution in [1.29, 1.82) is 0 Å². The maximum Gasteiger partial charge on any atom is 0.416 e. The van der Waals surface area contributed by atoms with Crippen LogP contribution >= 0.6 is 0 Å². The monoisotopic (exact) mass is 460 g/mol. The summed E-state index contributed by atoms with van der Waals surface area (Å²) in [5, 5.41) is 0. The van der Waals surface area contributed by atoms with E-state index in [-0.39, 0.29) is 0 Å². The molecular weight excluding hydrogens is 425 g/mol. The van der Waals surface area contributed by atoms with Gasteiger partial charge in [0.05, 0.1) is 5.56 Å². The predicted molar refractivity (Wildman–Crippen MR) is 128 cm³/mol. The van der Waals surface area contributed by atoms with Crippen molar-refractivity contribution in [2.45, 2.75) is 83.9 Å². The van der Waals surface area contributed by atoms with E-state index in [0.717, 1.165) is 49.8 Å². The summed E-state index contributed by atoms with van der Waals surface area (Å²) in [6, 6.07) is 14.2. The minimum absolute atomic E-state index is 0.415. The van der Waals surface area contributed by atoms with Crippen molar-refractivity contribution in [3.8, 4) is 0 Å². The molecule has 2 rings (SSSR count). The number of carbonyl (C=O) groups is 1. The highest BCUT2D eigenvalue weighted by Crippen LogP contribution is 2.31. The van der Waals surface area contributed by atoms with E-state index in [4.69, 9.17) is 4.74 Å². The second-order valence-electron chi connectivity index (χ2n) is 9.39. The fraction of sp³-hybridized carbons (Fsp3) is 0.464. The molecule has 0 aliphatic heterocycles. The van der Waals surface area contributed by atoms with E-state index in [1.807, 2.05) is 6.07 Å². The van der Waals surface area contributed by atoms with Crippen LogP contribution in [0, 0.1) is 0 Å². The Balaban J connectivity index is 1.85. The molecule has 2 aromatic rings. The molecule has 0 saturated carbocycles. The van der Waals surface area contributed by atoms with Gasteiger partial charge in [-0.1, -0.05) is 62.1 Å². The number of halogens is 3. The molecule has 0 saturated heterocycles. The standard InChI is InChI=1S/C28H35F3O2/c1-27(2,3)33-26(32)20-18-24-21-25(28(29,30)31)19-17-23(24)16-12-7-5-4-6-9-13-22-14-10-8-11-15-22/h8,10-11,14-15,17-21H,4-7,9,12-13,16H2,1-3H3/b20-18+. The number of carbonyl (C=O) groups excluding carboxylic acids is 1. The van der Waals surface area contributed by atoms with Crippen LogP contribution in [0.3, 0.4) is 0 Å². The van der Waals surface area contributed by atoms with Crippen molar-refractivity contribution in [2.24, 2.45) is 0 Å². The Bertz CT molecular complexity index is 894. The van der Waals surface area contributed by atoms with E-state index in [9.17, 15) is 18.0 Å². The molecule has 0 aliphatic carbocycles. The Hall–Kier alpha value is -2.56. The number of unbranched alkanes of at least 4 members (excludes halogenated alkanes) is 5. The fourth-order valence-corrected chi connectivity index (χ4v) is 3.64. The number of hydrogen-bond acceptors (Lipinski definition) is 2. The molecule has 0 radical (unpaired) electrons. The van der Waals surface area contributed by atoms with Gasteiger partial charge >= 0.3 is 12.1 Å². The minimum Gasteiger partial charge on any atom is -0.457 e. The van der Waals surface area contributed by atoms with Gasteiger partial charge in [-0.15, -0.1) is 0 Å². The summed E-state index contributed by atoms with van der Waals surface area (Å²) in [7, 11) is 0. The predicted octanol–water partition coefficient (Wildman–Crippen LogP) is 8.19. The number of ether oxygens (including phenoxy) is 1. The van der Waals surface area contributed by atoms with Gasteiger partial charge in [-0.3, -0.25) is 0 Å². The minimum atomic E-state index is -4.42. The molecule has 0 spiro atoms. The number of aryl methyl sites for hydroxylation is 2. The highest BCUT2D eigenvalue weighted by Gasteiger charge is 2.30. The Kier molecular flexibility index (Phi) is 10.2. The van der Waals surface area contributed by atoms with E-state index in [2.05, 4.69) is 24.3 Å². The van der Waals surface area contributed by atoms with Crippen LogP contribution in [0.1, 0.15) is 81.5 Å².